The monoisotopic (exact) mass is 1430 g/mol. The van der Waals surface area contributed by atoms with Gasteiger partial charge in [0.1, 0.15) is 24.4 Å². The van der Waals surface area contributed by atoms with Crippen molar-refractivity contribution in [3.05, 3.63) is 69.8 Å². The van der Waals surface area contributed by atoms with E-state index in [1.807, 2.05) is 48.5 Å². The van der Waals surface area contributed by atoms with Crippen molar-refractivity contribution in [2.24, 2.45) is 11.8 Å². The third-order valence-corrected chi connectivity index (χ3v) is 14.3. The number of carbonyl (C=O) groups excluding carboxylic acids is 3. The third kappa shape index (κ3) is 30.8. The molecule has 34 heteroatoms. The van der Waals surface area contributed by atoms with Gasteiger partial charge in [-0.3, -0.25) is 27.9 Å². The summed E-state index contributed by atoms with van der Waals surface area (Å²) in [6.45, 7) is 21.0. The molecule has 6 rings (SSSR count). The number of ether oxygens (including phenoxy) is 13. The van der Waals surface area contributed by atoms with Gasteiger partial charge < -0.3 is 97.7 Å². The number of esters is 3. The minimum atomic E-state index is -3.67. The van der Waals surface area contributed by atoms with E-state index < -0.39 is 78.9 Å². The number of aliphatic hydroxyl groups is 3. The first kappa shape index (κ1) is 91.4. The molecule has 26 nitrogen and oxygen atoms in total. The summed E-state index contributed by atoms with van der Waals surface area (Å²) in [5, 5.41) is 63.4. The van der Waals surface area contributed by atoms with Gasteiger partial charge in [0.15, 0.2) is 34.5 Å². The first-order valence-corrected chi connectivity index (χ1v) is 29.9. The molecule has 0 spiro atoms. The van der Waals surface area contributed by atoms with Crippen molar-refractivity contribution in [1.82, 2.24) is 0 Å². The van der Waals surface area contributed by atoms with Crippen LogP contribution >= 0.6 is 34.8 Å². The predicted molar refractivity (Wildman–Crippen MR) is 333 cm³/mol. The molecule has 0 saturated carbocycles. The Morgan fingerprint density at radius 2 is 1.00 bits per heavy atom. The summed E-state index contributed by atoms with van der Waals surface area (Å²) >= 11 is 16.7. The number of halogens is 6. The Kier molecular flexibility index (Phi) is 44.5. The molecular formula is C60H87BCl3F3KNO25. The van der Waals surface area contributed by atoms with Crippen LogP contribution in [0.1, 0.15) is 135 Å². The molecule has 12 atom stereocenters. The quantitative estimate of drug-likeness (QED) is 0.0172. The molecule has 3 aliphatic heterocycles. The summed E-state index contributed by atoms with van der Waals surface area (Å²) in [6.07, 6.45) is -4.21. The number of aromatic hydroxyl groups is 1. The molecular weight excluding hydrogens is 1350 g/mol. The number of carboxylic acids is 2. The van der Waals surface area contributed by atoms with Crippen molar-refractivity contribution in [2.75, 3.05) is 48.3 Å². The molecule has 3 aliphatic rings. The van der Waals surface area contributed by atoms with Gasteiger partial charge in [0.25, 0.3) is 3.79 Å². The number of alkyl halides is 3. The van der Waals surface area contributed by atoms with Crippen LogP contribution in [0.4, 0.5) is 12.9 Å². The van der Waals surface area contributed by atoms with Gasteiger partial charge in [0, 0.05) is 58.2 Å². The number of nitrogens with one attached hydrogen (secondary N) is 1. The Hall–Kier alpha value is -4.68. The molecule has 0 amide bonds. The molecule has 528 valence electrons. The van der Waals surface area contributed by atoms with E-state index >= 15 is 0 Å². The van der Waals surface area contributed by atoms with E-state index in [-0.39, 0.29) is 146 Å². The van der Waals surface area contributed by atoms with Gasteiger partial charge in [-0.2, -0.15) is 0 Å². The van der Waals surface area contributed by atoms with E-state index in [0.29, 0.717) is 46.6 Å². The number of carbonyl (C=O) groups is 5. The average Bonchev–Trinajstić information content (AvgIpc) is 0.828. The maximum absolute atomic E-state index is 11.8. The fourth-order valence-corrected chi connectivity index (χ4v) is 9.28. The second-order valence-corrected chi connectivity index (χ2v) is 22.7. The SMILES string of the molecule is CCOCC.CC[C@H]1OC(OC(=N)C(Cl)(Cl)Cl)C[C@@H](OC(C)=O)[C@@H]1C.CC[C@H]1OC(Oc2c(C)cc(C(=O)OC)cc2OC)C[C@@H](OC(C)=O)[C@@H]1C.COc1cc(C(=O)O)cc(C)c1O.COc1cc(C(=O)O)cc(C)c1O[C@H]1C[C@@H](O)[C@H](O)[C@@H](CO)O1.FB(F)F.[K+].[OH-]. The van der Waals surface area contributed by atoms with Crippen molar-refractivity contribution in [2.45, 2.75) is 174 Å². The first-order valence-electron chi connectivity index (χ1n) is 28.8. The summed E-state index contributed by atoms with van der Waals surface area (Å²) in [5.41, 5.74) is 2.26. The molecule has 8 N–H and O–H groups in total. The standard InChI is InChI=1S/C20H28O7.C15H20O8.C12H18Cl3NO4.C9H10O4.C4H10O.BF3.K.H2O/c1-7-15-12(3)16(25-13(4)21)10-18(26-15)27-19-11(2)8-14(20(22)24-6)9-17(19)23-5;1-7-3-8(15(19)20)4-10(21-2)14(7)23-12-5-9(17)13(18)11(6-16)22-12;1-4-8-6(2)9(18-7(3)17)5-10(19-8)20-11(16)12(13,14)15;1-5-3-6(9(11)12)4-7(13-2)8(5)10;1-3-5-4-2;2-1(3)4;;/h8-9,12,15-16,18H,7,10H2,1-6H3;3-4,9,11-13,16-18H,5-6H2,1-2H3,(H,19,20);6,8-10,16H,4-5H2,1-3H3;3-4,10H,1-2H3,(H,11,12);3-4H2,1-2H3;;;1H2/q;;;;;;+1;/p-1/t12-,15-,16-,18?;9-,11-,12+,13+;6-,8-,9-,10?;;;;;/m111...../s1. The van der Waals surface area contributed by atoms with E-state index in [0.717, 1.165) is 26.1 Å². The van der Waals surface area contributed by atoms with Crippen LogP contribution in [-0.4, -0.2) is 193 Å². The first-order chi connectivity index (χ1) is 43.0. The number of aryl methyl sites for hydroxylation is 3. The van der Waals surface area contributed by atoms with Crippen LogP contribution in [0.2, 0.25) is 0 Å². The number of phenolic OH excluding ortho intramolecular Hbond substituents is 1. The smallest absolute Gasteiger partial charge is 0.870 e. The van der Waals surface area contributed by atoms with Crippen molar-refractivity contribution >= 4 is 78.1 Å². The van der Waals surface area contributed by atoms with Gasteiger partial charge in [-0.05, 0) is 101 Å². The molecule has 0 aliphatic carbocycles. The number of aromatic carboxylic acids is 2. The number of rotatable bonds is 18. The van der Waals surface area contributed by atoms with Crippen LogP contribution in [-0.2, 0) is 47.5 Å². The second-order valence-electron chi connectivity index (χ2n) is 20.4. The van der Waals surface area contributed by atoms with Gasteiger partial charge in [0.2, 0.25) is 24.8 Å². The van der Waals surface area contributed by atoms with Gasteiger partial charge in [-0.25, -0.2) is 14.4 Å². The number of hydrogen-bond acceptors (Lipinski definition) is 24. The maximum atomic E-state index is 11.8. The largest absolute Gasteiger partial charge is 1.00 e. The van der Waals surface area contributed by atoms with Crippen LogP contribution in [0.25, 0.3) is 0 Å². The zero-order valence-corrected chi connectivity index (χ0v) is 60.8. The van der Waals surface area contributed by atoms with E-state index in [1.165, 1.54) is 66.6 Å². The summed E-state index contributed by atoms with van der Waals surface area (Å²) in [7, 11) is 1.92. The number of benzene rings is 3. The zero-order valence-electron chi connectivity index (χ0n) is 55.4. The Morgan fingerprint density at radius 3 is 1.36 bits per heavy atom. The van der Waals surface area contributed by atoms with E-state index in [4.69, 9.17) is 112 Å². The predicted octanol–water partition coefficient (Wildman–Crippen LogP) is 6.77. The summed E-state index contributed by atoms with van der Waals surface area (Å²) in [6, 6.07) is 8.67. The topological polar surface area (TPSA) is 381 Å². The summed E-state index contributed by atoms with van der Waals surface area (Å²) in [4.78, 5) is 56.0. The normalized spacial score (nSPS) is 22.5. The minimum absolute atomic E-state index is 0. The van der Waals surface area contributed by atoms with E-state index in [2.05, 4.69) is 0 Å². The molecule has 0 aromatic heterocycles. The van der Waals surface area contributed by atoms with Gasteiger partial charge in [0.05, 0.1) is 70.0 Å². The molecule has 3 saturated heterocycles. The Morgan fingerprint density at radius 1 is 0.628 bits per heavy atom. The van der Waals surface area contributed by atoms with Crippen LogP contribution in [0, 0.1) is 38.0 Å². The van der Waals surface area contributed by atoms with Gasteiger partial charge in [-0.15, -0.1) is 0 Å². The van der Waals surface area contributed by atoms with Crippen LogP contribution in [0.5, 0.6) is 34.5 Å². The fourth-order valence-electron chi connectivity index (χ4n) is 9.14. The fraction of sp³-hybridized carbons (Fsp3) is 0.600. The average molecular weight is 1440 g/mol. The Bertz CT molecular complexity index is 2830. The summed E-state index contributed by atoms with van der Waals surface area (Å²) < 4.78 is 96.9. The third-order valence-electron chi connectivity index (χ3n) is 13.7. The van der Waals surface area contributed by atoms with E-state index in [1.54, 1.807) is 26.0 Å². The van der Waals surface area contributed by atoms with Gasteiger partial charge >= 0.3 is 88.8 Å². The number of hydrogen-bond donors (Lipinski definition) is 7. The zero-order chi connectivity index (χ0) is 70.5. The van der Waals surface area contributed by atoms with Crippen molar-refractivity contribution in [1.29, 1.82) is 5.41 Å². The Balaban J connectivity index is 0. The second kappa shape index (κ2) is 45.8. The van der Waals surface area contributed by atoms with Crippen LogP contribution in [0.3, 0.4) is 0 Å². The molecule has 2 unspecified atom stereocenters. The van der Waals surface area contributed by atoms with Crippen LogP contribution in [0.15, 0.2) is 36.4 Å². The molecule has 3 heterocycles. The molecule has 94 heavy (non-hydrogen) atoms. The molecule has 0 radical (unpaired) electrons. The van der Waals surface area contributed by atoms with E-state index in [9.17, 15) is 57.3 Å². The number of methoxy groups -OCH3 is 4. The van der Waals surface area contributed by atoms with Crippen molar-refractivity contribution in [3.8, 4) is 34.5 Å². The van der Waals surface area contributed by atoms with Crippen LogP contribution < -0.4 is 75.1 Å². The summed E-state index contributed by atoms with van der Waals surface area (Å²) in [5.74, 6) is -2.13. The molecule has 3 aromatic carbocycles. The van der Waals surface area contributed by atoms with Crippen molar-refractivity contribution in [3.63, 3.8) is 0 Å². The van der Waals surface area contributed by atoms with Gasteiger partial charge in [-0.1, -0.05) is 62.5 Å². The Labute approximate surface area is 602 Å². The maximum Gasteiger partial charge on any atom is 1.00 e. The molecule has 3 fully saturated rings. The molecule has 3 aromatic rings. The number of aliphatic hydroxyl groups excluding tert-OH is 3. The number of carboxylic acid groups (broad SMARTS) is 2. The minimum Gasteiger partial charge on any atom is -0.870 e. The molecule has 0 bridgehead atoms. The number of phenols is 1. The van der Waals surface area contributed by atoms with Crippen molar-refractivity contribution < 1.29 is 186 Å².